The zero-order valence-electron chi connectivity index (χ0n) is 9.04. The van der Waals surface area contributed by atoms with Crippen LogP contribution in [0.3, 0.4) is 0 Å². The first kappa shape index (κ1) is 11.2. The van der Waals surface area contributed by atoms with E-state index in [-0.39, 0.29) is 12.6 Å². The van der Waals surface area contributed by atoms with Crippen LogP contribution in [0, 0.1) is 6.92 Å². The third kappa shape index (κ3) is 1.64. The number of benzene rings is 1. The second-order valence-electron chi connectivity index (χ2n) is 3.75. The number of ketones is 1. The molecule has 1 aliphatic rings. The third-order valence-corrected chi connectivity index (χ3v) is 2.81. The van der Waals surface area contributed by atoms with E-state index in [1.807, 2.05) is 0 Å². The number of hydrogen-bond donors (Lipinski definition) is 1. The zero-order valence-corrected chi connectivity index (χ0v) is 9.80. The number of carbonyl (C=O) groups is 1. The number of nitrogens with two attached hydrogens (primary N) is 1. The molecule has 0 amide bonds. The van der Waals surface area contributed by atoms with E-state index in [0.29, 0.717) is 27.6 Å². The number of rotatable bonds is 2. The predicted octanol–water partition coefficient (Wildman–Crippen LogP) is 1.91. The largest absolute Gasteiger partial charge is 0.454 e. The highest BCUT2D eigenvalue weighted by Gasteiger charge is 2.25. The molecule has 0 aliphatic carbocycles. The summed E-state index contributed by atoms with van der Waals surface area (Å²) in [6.45, 7) is 3.56. The lowest BCUT2D eigenvalue weighted by Gasteiger charge is -2.11. The number of halogens is 1. The van der Waals surface area contributed by atoms with E-state index in [1.165, 1.54) is 0 Å². The molecule has 16 heavy (non-hydrogen) atoms. The van der Waals surface area contributed by atoms with Crippen molar-refractivity contribution in [3.63, 3.8) is 0 Å². The molecule has 2 rings (SSSR count). The molecular weight excluding hydrogens is 230 g/mol. The Hall–Kier alpha value is -1.26. The average Bonchev–Trinajstić information content (AvgIpc) is 2.65. The molecule has 1 aromatic rings. The summed E-state index contributed by atoms with van der Waals surface area (Å²) in [6.07, 6.45) is 0. The van der Waals surface area contributed by atoms with Gasteiger partial charge < -0.3 is 15.2 Å². The highest BCUT2D eigenvalue weighted by Crippen LogP contribution is 2.41. The molecule has 1 aliphatic heterocycles. The van der Waals surface area contributed by atoms with Crippen LogP contribution in [0.5, 0.6) is 11.5 Å². The standard InChI is InChI=1S/C11H12ClNO3/c1-5-9(10(14)6(2)13)7(12)3-8-11(5)16-4-15-8/h3,6H,4,13H2,1-2H3. The fourth-order valence-electron chi connectivity index (χ4n) is 1.70. The van der Waals surface area contributed by atoms with Crippen molar-refractivity contribution >= 4 is 17.4 Å². The van der Waals surface area contributed by atoms with E-state index < -0.39 is 6.04 Å². The van der Waals surface area contributed by atoms with E-state index in [1.54, 1.807) is 19.9 Å². The molecule has 0 radical (unpaired) electrons. The predicted molar refractivity (Wildman–Crippen MR) is 60.3 cm³/mol. The Balaban J connectivity index is 2.58. The maximum atomic E-state index is 11.9. The molecule has 1 heterocycles. The summed E-state index contributed by atoms with van der Waals surface area (Å²) in [5.41, 5.74) is 6.67. The maximum Gasteiger partial charge on any atom is 0.231 e. The van der Waals surface area contributed by atoms with Crippen LogP contribution >= 0.6 is 11.6 Å². The van der Waals surface area contributed by atoms with Gasteiger partial charge in [0, 0.05) is 17.2 Å². The van der Waals surface area contributed by atoms with Crippen LogP contribution in [0.25, 0.3) is 0 Å². The van der Waals surface area contributed by atoms with Crippen molar-refractivity contribution in [1.82, 2.24) is 0 Å². The van der Waals surface area contributed by atoms with Crippen LogP contribution in [0.2, 0.25) is 5.02 Å². The smallest absolute Gasteiger partial charge is 0.231 e. The van der Waals surface area contributed by atoms with E-state index in [4.69, 9.17) is 26.8 Å². The molecule has 1 atom stereocenters. The fraction of sp³-hybridized carbons (Fsp3) is 0.364. The minimum atomic E-state index is -0.587. The number of hydrogen-bond acceptors (Lipinski definition) is 4. The van der Waals surface area contributed by atoms with Gasteiger partial charge in [-0.25, -0.2) is 0 Å². The second kappa shape index (κ2) is 3.96. The van der Waals surface area contributed by atoms with Gasteiger partial charge in [-0.15, -0.1) is 0 Å². The lowest BCUT2D eigenvalue weighted by Crippen LogP contribution is -2.27. The first-order valence-electron chi connectivity index (χ1n) is 4.91. The highest BCUT2D eigenvalue weighted by molar-refractivity contribution is 6.34. The Morgan fingerprint density at radius 1 is 1.56 bits per heavy atom. The normalized spacial score (nSPS) is 15.0. The van der Waals surface area contributed by atoms with Crippen LogP contribution < -0.4 is 15.2 Å². The fourth-order valence-corrected chi connectivity index (χ4v) is 2.03. The first-order valence-corrected chi connectivity index (χ1v) is 5.28. The molecule has 0 aromatic heterocycles. The van der Waals surface area contributed by atoms with E-state index >= 15 is 0 Å². The number of Topliss-reactive ketones (excluding diaryl/α,β-unsaturated/α-hetero) is 1. The van der Waals surface area contributed by atoms with Gasteiger partial charge in [0.1, 0.15) is 0 Å². The number of fused-ring (bicyclic) bond motifs is 1. The molecule has 2 N–H and O–H groups in total. The van der Waals surface area contributed by atoms with Crippen LogP contribution in [0.1, 0.15) is 22.8 Å². The summed E-state index contributed by atoms with van der Waals surface area (Å²) >= 11 is 6.04. The van der Waals surface area contributed by atoms with Crippen molar-refractivity contribution in [2.24, 2.45) is 5.73 Å². The quantitative estimate of drug-likeness (QED) is 0.804. The number of ether oxygens (including phenoxy) is 2. The first-order chi connectivity index (χ1) is 7.52. The second-order valence-corrected chi connectivity index (χ2v) is 4.15. The lowest BCUT2D eigenvalue weighted by atomic mass is 9.99. The minimum absolute atomic E-state index is 0.155. The van der Waals surface area contributed by atoms with Crippen molar-refractivity contribution in [3.05, 3.63) is 22.2 Å². The topological polar surface area (TPSA) is 61.6 Å². The summed E-state index contributed by atoms with van der Waals surface area (Å²) in [4.78, 5) is 11.9. The third-order valence-electron chi connectivity index (χ3n) is 2.51. The zero-order chi connectivity index (χ0) is 11.9. The van der Waals surface area contributed by atoms with Gasteiger partial charge in [0.25, 0.3) is 0 Å². The van der Waals surface area contributed by atoms with Crippen molar-refractivity contribution in [1.29, 1.82) is 0 Å². The van der Waals surface area contributed by atoms with Gasteiger partial charge in [0.15, 0.2) is 17.3 Å². The van der Waals surface area contributed by atoms with Crippen molar-refractivity contribution in [3.8, 4) is 11.5 Å². The molecular formula is C11H12ClNO3. The molecule has 0 fully saturated rings. The van der Waals surface area contributed by atoms with Crippen LogP contribution in [-0.2, 0) is 0 Å². The molecule has 86 valence electrons. The van der Waals surface area contributed by atoms with Gasteiger partial charge in [-0.1, -0.05) is 11.6 Å². The van der Waals surface area contributed by atoms with E-state index in [0.717, 1.165) is 0 Å². The summed E-state index contributed by atoms with van der Waals surface area (Å²) in [5, 5.41) is 0.351. The molecule has 5 heteroatoms. The molecule has 0 bridgehead atoms. The lowest BCUT2D eigenvalue weighted by molar-refractivity contribution is 0.0967. The Morgan fingerprint density at radius 2 is 2.25 bits per heavy atom. The Labute approximate surface area is 98.3 Å². The van der Waals surface area contributed by atoms with E-state index in [2.05, 4.69) is 0 Å². The monoisotopic (exact) mass is 241 g/mol. The van der Waals surface area contributed by atoms with E-state index in [9.17, 15) is 4.79 Å². The van der Waals surface area contributed by atoms with Crippen molar-refractivity contribution < 1.29 is 14.3 Å². The molecule has 0 saturated carbocycles. The molecule has 1 unspecified atom stereocenters. The van der Waals surface area contributed by atoms with Gasteiger partial charge in [-0.05, 0) is 13.8 Å². The highest BCUT2D eigenvalue weighted by atomic mass is 35.5. The van der Waals surface area contributed by atoms with Gasteiger partial charge in [-0.3, -0.25) is 4.79 Å². The molecule has 4 nitrogen and oxygen atoms in total. The van der Waals surface area contributed by atoms with Gasteiger partial charge in [0.2, 0.25) is 6.79 Å². The summed E-state index contributed by atoms with van der Waals surface area (Å²) in [5.74, 6) is 0.956. The van der Waals surface area contributed by atoms with Crippen molar-refractivity contribution in [2.75, 3.05) is 6.79 Å². The van der Waals surface area contributed by atoms with Crippen LogP contribution in [0.15, 0.2) is 6.07 Å². The van der Waals surface area contributed by atoms with Gasteiger partial charge in [0.05, 0.1) is 11.1 Å². The Kier molecular flexibility index (Phi) is 2.78. The van der Waals surface area contributed by atoms with Crippen LogP contribution in [0.4, 0.5) is 0 Å². The molecule has 1 aromatic carbocycles. The number of carbonyl (C=O) groups excluding carboxylic acids is 1. The molecule has 0 saturated heterocycles. The summed E-state index contributed by atoms with van der Waals surface area (Å²) in [6, 6.07) is 1.00. The SMILES string of the molecule is Cc1c2c(cc(Cl)c1C(=O)C(C)N)OCO2. The summed E-state index contributed by atoms with van der Waals surface area (Å²) in [7, 11) is 0. The van der Waals surface area contributed by atoms with Crippen molar-refractivity contribution in [2.45, 2.75) is 19.9 Å². The average molecular weight is 242 g/mol. The van der Waals surface area contributed by atoms with Crippen LogP contribution in [-0.4, -0.2) is 18.6 Å². The van der Waals surface area contributed by atoms with Gasteiger partial charge >= 0.3 is 0 Å². The minimum Gasteiger partial charge on any atom is -0.454 e. The van der Waals surface area contributed by atoms with Gasteiger partial charge in [-0.2, -0.15) is 0 Å². The Morgan fingerprint density at radius 3 is 2.88 bits per heavy atom. The Bertz CT molecular complexity index is 457. The summed E-state index contributed by atoms with van der Waals surface area (Å²) < 4.78 is 10.5. The maximum absolute atomic E-state index is 11.9. The molecule has 0 spiro atoms.